The summed E-state index contributed by atoms with van der Waals surface area (Å²) >= 11 is 0. The summed E-state index contributed by atoms with van der Waals surface area (Å²) in [6, 6.07) is 12.0. The summed E-state index contributed by atoms with van der Waals surface area (Å²) < 4.78 is 21.9. The Hall–Kier alpha value is -4.54. The average molecular weight is 733 g/mol. The lowest BCUT2D eigenvalue weighted by Crippen LogP contribution is -2.50. The van der Waals surface area contributed by atoms with E-state index in [1.165, 1.54) is 11.1 Å². The van der Waals surface area contributed by atoms with Crippen molar-refractivity contribution in [1.82, 2.24) is 0 Å². The third-order valence-electron chi connectivity index (χ3n) is 15.4. The minimum absolute atomic E-state index is 0.233. The van der Waals surface area contributed by atoms with Crippen molar-refractivity contribution in [2.75, 3.05) is 13.6 Å². The lowest BCUT2D eigenvalue weighted by atomic mass is 9.50. The Bertz CT molecular complexity index is 1920. The van der Waals surface area contributed by atoms with E-state index in [1.807, 2.05) is 48.6 Å². The summed E-state index contributed by atoms with van der Waals surface area (Å²) in [5, 5.41) is 40.3. The molecular weight excluding hydrogens is 688 g/mol. The van der Waals surface area contributed by atoms with Crippen molar-refractivity contribution in [2.24, 2.45) is 82.9 Å². The maximum Gasteiger partial charge on any atom is 0.303 e. The smallest absolute Gasteiger partial charge is 0.303 e. The van der Waals surface area contributed by atoms with E-state index in [1.54, 1.807) is 0 Å². The molecule has 10 heteroatoms. The summed E-state index contributed by atoms with van der Waals surface area (Å²) in [6.07, 6.45) is 14.6. The van der Waals surface area contributed by atoms with Gasteiger partial charge in [0.1, 0.15) is 0 Å². The van der Waals surface area contributed by atoms with E-state index in [9.17, 15) is 30.0 Å². The van der Waals surface area contributed by atoms with Gasteiger partial charge in [-0.2, -0.15) is 0 Å². The van der Waals surface area contributed by atoms with Crippen LogP contribution in [0.15, 0.2) is 72.9 Å². The second-order valence-electron chi connectivity index (χ2n) is 17.3. The van der Waals surface area contributed by atoms with Crippen LogP contribution in [-0.4, -0.2) is 58.2 Å². The number of allylic oxidation sites excluding steroid dienone is 6. The van der Waals surface area contributed by atoms with E-state index in [2.05, 4.69) is 24.3 Å². The molecule has 16 atom stereocenters. The predicted octanol–water partition coefficient (Wildman–Crippen LogP) is 5.90. The molecule has 280 valence electrons. The van der Waals surface area contributed by atoms with Crippen LogP contribution in [0.1, 0.15) is 36.8 Å². The molecule has 2 heterocycles. The van der Waals surface area contributed by atoms with Crippen LogP contribution in [0, 0.1) is 82.9 Å². The number of hydrogen-bond donors (Lipinski definition) is 4. The number of ether oxygens (including phenoxy) is 4. The molecule has 2 aromatic carbocycles. The van der Waals surface area contributed by atoms with E-state index in [0.29, 0.717) is 47.3 Å². The first-order valence-corrected chi connectivity index (χ1v) is 19.6. The zero-order chi connectivity index (χ0) is 36.6. The van der Waals surface area contributed by atoms with Crippen LogP contribution in [0.5, 0.6) is 23.0 Å². The molecule has 4 fully saturated rings. The number of aliphatic hydroxyl groups excluding tert-OH is 2. The molecule has 2 aliphatic heterocycles. The van der Waals surface area contributed by atoms with E-state index in [-0.39, 0.29) is 61.9 Å². The van der Waals surface area contributed by atoms with Crippen LogP contribution in [0.4, 0.5) is 0 Å². The van der Waals surface area contributed by atoms with Crippen LogP contribution in [0.2, 0.25) is 0 Å². The molecular formula is C44H44O10. The number of aliphatic hydroxyl groups is 2. The fraction of sp³-hybridized carbons (Fsp3) is 0.500. The fourth-order valence-corrected chi connectivity index (χ4v) is 13.5. The number of carbonyl (C=O) groups is 2. The highest BCUT2D eigenvalue weighted by molar-refractivity contribution is 5.75. The van der Waals surface area contributed by atoms with Gasteiger partial charge >= 0.3 is 11.9 Å². The van der Waals surface area contributed by atoms with Crippen molar-refractivity contribution in [3.63, 3.8) is 0 Å². The highest BCUT2D eigenvalue weighted by atomic mass is 16.7. The summed E-state index contributed by atoms with van der Waals surface area (Å²) in [5.41, 5.74) is 4.49. The summed E-state index contributed by atoms with van der Waals surface area (Å²) in [7, 11) is 0. The monoisotopic (exact) mass is 732 g/mol. The number of hydrogen-bond acceptors (Lipinski definition) is 8. The summed E-state index contributed by atoms with van der Waals surface area (Å²) in [5.74, 6) is 6.63. The van der Waals surface area contributed by atoms with Crippen molar-refractivity contribution in [3.8, 4) is 23.0 Å². The number of fused-ring (bicyclic) bond motifs is 2. The Balaban J connectivity index is 0.000000126. The molecule has 0 amide bonds. The van der Waals surface area contributed by atoms with Gasteiger partial charge in [-0.25, -0.2) is 0 Å². The Morgan fingerprint density at radius 3 is 1.41 bits per heavy atom. The van der Waals surface area contributed by atoms with Crippen LogP contribution >= 0.6 is 0 Å². The lowest BCUT2D eigenvalue weighted by molar-refractivity contribution is -0.143. The van der Waals surface area contributed by atoms with Gasteiger partial charge in [0.2, 0.25) is 13.6 Å². The topological polar surface area (TPSA) is 152 Å². The van der Waals surface area contributed by atoms with Gasteiger partial charge in [0.15, 0.2) is 23.0 Å². The van der Waals surface area contributed by atoms with Crippen LogP contribution in [-0.2, 0) is 9.59 Å². The van der Waals surface area contributed by atoms with Crippen LogP contribution in [0.3, 0.4) is 0 Å². The van der Waals surface area contributed by atoms with Crippen molar-refractivity contribution < 1.29 is 49.0 Å². The molecule has 8 aliphatic carbocycles. The number of rotatable bonds is 6. The third-order valence-corrected chi connectivity index (χ3v) is 15.4. The van der Waals surface area contributed by atoms with Crippen molar-refractivity contribution in [2.45, 2.75) is 37.9 Å². The molecule has 0 bridgehead atoms. The number of aliphatic carboxylic acids is 2. The van der Waals surface area contributed by atoms with E-state index >= 15 is 0 Å². The van der Waals surface area contributed by atoms with Gasteiger partial charge in [0.25, 0.3) is 0 Å². The average Bonchev–Trinajstić information content (AvgIpc) is 3.96. The Morgan fingerprint density at radius 2 is 0.981 bits per heavy atom. The Morgan fingerprint density at radius 1 is 0.556 bits per heavy atom. The molecule has 0 saturated heterocycles. The molecule has 12 rings (SSSR count). The predicted molar refractivity (Wildman–Crippen MR) is 194 cm³/mol. The number of carboxylic acid groups (broad SMARTS) is 2. The van der Waals surface area contributed by atoms with E-state index in [4.69, 9.17) is 18.9 Å². The summed E-state index contributed by atoms with van der Waals surface area (Å²) in [6.45, 7) is 0.510. The maximum atomic E-state index is 11.3. The number of benzene rings is 2. The van der Waals surface area contributed by atoms with Gasteiger partial charge in [-0.1, -0.05) is 48.6 Å². The first kappa shape index (κ1) is 32.9. The first-order valence-electron chi connectivity index (χ1n) is 19.6. The Labute approximate surface area is 312 Å². The third kappa shape index (κ3) is 4.71. The zero-order valence-electron chi connectivity index (χ0n) is 29.6. The molecule has 0 radical (unpaired) electrons. The van der Waals surface area contributed by atoms with E-state index < -0.39 is 24.1 Å². The number of carboxylic acids is 2. The second-order valence-corrected chi connectivity index (χ2v) is 17.3. The van der Waals surface area contributed by atoms with Gasteiger partial charge in [-0.3, -0.25) is 9.59 Å². The largest absolute Gasteiger partial charge is 0.481 e. The first-order chi connectivity index (χ1) is 26.2. The van der Waals surface area contributed by atoms with E-state index in [0.717, 1.165) is 47.0 Å². The minimum Gasteiger partial charge on any atom is -0.481 e. The Kier molecular flexibility index (Phi) is 7.29. The fourth-order valence-electron chi connectivity index (χ4n) is 13.5. The second kappa shape index (κ2) is 12.0. The maximum absolute atomic E-state index is 11.3. The normalized spacial score (nSPS) is 42.3. The van der Waals surface area contributed by atoms with Crippen molar-refractivity contribution >= 4 is 23.1 Å². The van der Waals surface area contributed by atoms with Crippen molar-refractivity contribution in [1.29, 1.82) is 0 Å². The molecule has 0 aromatic heterocycles. The lowest BCUT2D eigenvalue weighted by Gasteiger charge is -2.54. The summed E-state index contributed by atoms with van der Waals surface area (Å²) in [4.78, 5) is 22.5. The molecule has 10 aliphatic rings. The van der Waals surface area contributed by atoms with Gasteiger partial charge in [0.05, 0.1) is 12.2 Å². The molecule has 54 heavy (non-hydrogen) atoms. The molecule has 10 nitrogen and oxygen atoms in total. The highest BCUT2D eigenvalue weighted by Crippen LogP contribution is 2.69. The molecule has 4 saturated carbocycles. The van der Waals surface area contributed by atoms with Gasteiger partial charge in [-0.05, 0) is 130 Å². The minimum atomic E-state index is -0.705. The van der Waals surface area contributed by atoms with Gasteiger partial charge in [0, 0.05) is 24.7 Å². The van der Waals surface area contributed by atoms with Gasteiger partial charge < -0.3 is 39.4 Å². The van der Waals surface area contributed by atoms with Crippen LogP contribution < -0.4 is 18.9 Å². The molecule has 8 unspecified atom stereocenters. The highest BCUT2D eigenvalue weighted by Gasteiger charge is 2.65. The standard InChI is InChI=1S/2C22H22O5/c2*23-17-7-13(10-1-4-18-19(5-10)27-9-26-18)11-2-3-12-14(8-20(24)25)15-6-16(17)22(11)21(12)15/h2*1-5,7,11-12,14-17,21-23H,6,8-9H2,(H,24,25)/t11-,12+,14+,15+,16-,17+,21+,22-;/m0./s1. The molecule has 2 aromatic rings. The SMILES string of the molecule is O=C(O)CC1C2C=CC3C(c4ccc5c(c4)OCO5)=CC(O)C4CC1C2C34.O=C(O)C[C@@H]1[C@H]2C=C[C@H]3C(c4ccc5c(c4)OCO5)=C[C@@H](O)[C@@H]4C[C@H]1[C@@H]2[C@H]43. The molecule has 4 N–H and O–H groups in total. The zero-order valence-corrected chi connectivity index (χ0v) is 29.6. The van der Waals surface area contributed by atoms with Gasteiger partial charge in [-0.15, -0.1) is 0 Å². The quantitative estimate of drug-likeness (QED) is 0.265. The van der Waals surface area contributed by atoms with Crippen molar-refractivity contribution in [3.05, 3.63) is 84.0 Å². The molecule has 0 spiro atoms. The van der Waals surface area contributed by atoms with Crippen LogP contribution in [0.25, 0.3) is 11.1 Å².